The molecule has 0 bridgehead atoms. The molecule has 1 atom stereocenters. The number of nitrogens with two attached hydrogens (primary N) is 2. The van der Waals surface area contributed by atoms with Crippen LogP contribution in [0.4, 0.5) is 0 Å². The average Bonchev–Trinajstić information content (AvgIpc) is 2.14. The van der Waals surface area contributed by atoms with E-state index in [0.29, 0.717) is 0 Å². The molecule has 1 rings (SSSR count). The predicted octanol–water partition coefficient (Wildman–Crippen LogP) is -2.14. The van der Waals surface area contributed by atoms with Gasteiger partial charge in [-0.1, -0.05) is 0 Å². The summed E-state index contributed by atoms with van der Waals surface area (Å²) in [6, 6.07) is 0. The number of nitrogens with one attached hydrogen (secondary N) is 2. The lowest BCUT2D eigenvalue weighted by Gasteiger charge is -2.12. The molecule has 0 saturated carbocycles. The van der Waals surface area contributed by atoms with E-state index in [0.717, 1.165) is 13.0 Å². The topological polar surface area (TPSA) is 79.3 Å². The highest BCUT2D eigenvalue weighted by molar-refractivity contribution is 4.64. The fourth-order valence-corrected chi connectivity index (χ4v) is 0.699. The van der Waals surface area contributed by atoms with Gasteiger partial charge in [-0.15, -0.1) is 0 Å². The fourth-order valence-electron chi connectivity index (χ4n) is 0.699. The Morgan fingerprint density at radius 1 is 1.75 bits per heavy atom. The molecule has 0 aromatic heterocycles. The second-order valence-electron chi connectivity index (χ2n) is 1.81. The van der Waals surface area contributed by atoms with E-state index in [2.05, 4.69) is 11.0 Å². The molecule has 0 aromatic rings. The summed E-state index contributed by atoms with van der Waals surface area (Å²) >= 11 is 0. The van der Waals surface area contributed by atoms with Crippen LogP contribution in [0, 0.1) is 0 Å². The summed E-state index contributed by atoms with van der Waals surface area (Å²) in [5.41, 5.74) is 10.8. The third-order valence-corrected chi connectivity index (χ3v) is 1.14. The van der Waals surface area contributed by atoms with Crippen LogP contribution in [0.15, 0.2) is 0 Å². The summed E-state index contributed by atoms with van der Waals surface area (Å²) < 4.78 is 0. The highest BCUT2D eigenvalue weighted by atomic mass is 15.8. The van der Waals surface area contributed by atoms with Gasteiger partial charge < -0.3 is 5.73 Å². The third kappa shape index (κ3) is 1.15. The van der Waals surface area contributed by atoms with Crippen molar-refractivity contribution in [2.24, 2.45) is 11.6 Å². The summed E-state index contributed by atoms with van der Waals surface area (Å²) in [5, 5.41) is 1.66. The van der Waals surface area contributed by atoms with Crippen molar-refractivity contribution in [3.8, 4) is 0 Å². The van der Waals surface area contributed by atoms with Gasteiger partial charge in [0.15, 0.2) is 0 Å². The van der Waals surface area contributed by atoms with Crippen molar-refractivity contribution in [2.45, 2.75) is 12.6 Å². The van der Waals surface area contributed by atoms with E-state index in [-0.39, 0.29) is 6.17 Å². The molecular weight excluding hydrogens is 106 g/mol. The monoisotopic (exact) mass is 117 g/mol. The lowest BCUT2D eigenvalue weighted by Crippen LogP contribution is -2.50. The Morgan fingerprint density at radius 3 is 2.75 bits per heavy atom. The SMILES string of the molecule is NNN1CCC(N)N1. The van der Waals surface area contributed by atoms with E-state index in [9.17, 15) is 0 Å². The Labute approximate surface area is 47.9 Å². The molecule has 0 spiro atoms. The Bertz CT molecular complexity index is 74.1. The van der Waals surface area contributed by atoms with Gasteiger partial charge in [-0.05, 0) is 6.42 Å². The van der Waals surface area contributed by atoms with Gasteiger partial charge in [0.25, 0.3) is 0 Å². The van der Waals surface area contributed by atoms with Gasteiger partial charge in [-0.25, -0.2) is 5.43 Å². The number of nitrogens with zero attached hydrogens (tertiary/aromatic N) is 1. The molecule has 5 heteroatoms. The highest BCUT2D eigenvalue weighted by Gasteiger charge is 2.15. The number of hydrogen-bond donors (Lipinski definition) is 4. The molecule has 1 fully saturated rings. The lowest BCUT2D eigenvalue weighted by atomic mass is 10.4. The molecule has 0 radical (unpaired) electrons. The van der Waals surface area contributed by atoms with Crippen molar-refractivity contribution >= 4 is 0 Å². The van der Waals surface area contributed by atoms with Crippen molar-refractivity contribution in [3.63, 3.8) is 0 Å². The zero-order chi connectivity index (χ0) is 5.98. The number of hydrazine groups is 3. The van der Waals surface area contributed by atoms with Crippen LogP contribution in [0.2, 0.25) is 0 Å². The lowest BCUT2D eigenvalue weighted by molar-refractivity contribution is 0.155. The zero-order valence-electron chi connectivity index (χ0n) is 4.59. The van der Waals surface area contributed by atoms with Crippen LogP contribution in [0.5, 0.6) is 0 Å². The van der Waals surface area contributed by atoms with E-state index in [1.54, 1.807) is 5.12 Å². The van der Waals surface area contributed by atoms with Gasteiger partial charge in [0.05, 0.1) is 6.17 Å². The van der Waals surface area contributed by atoms with Crippen LogP contribution in [-0.2, 0) is 0 Å². The first-order chi connectivity index (χ1) is 3.83. The van der Waals surface area contributed by atoms with E-state index < -0.39 is 0 Å². The van der Waals surface area contributed by atoms with Crippen molar-refractivity contribution in [1.29, 1.82) is 0 Å². The molecule has 0 aromatic carbocycles. The van der Waals surface area contributed by atoms with Gasteiger partial charge in [0.2, 0.25) is 0 Å². The molecule has 0 aliphatic carbocycles. The third-order valence-electron chi connectivity index (χ3n) is 1.14. The van der Waals surface area contributed by atoms with E-state index in [4.69, 9.17) is 11.6 Å². The van der Waals surface area contributed by atoms with Gasteiger partial charge in [0.1, 0.15) is 0 Å². The van der Waals surface area contributed by atoms with Crippen molar-refractivity contribution in [1.82, 2.24) is 16.1 Å². The van der Waals surface area contributed by atoms with E-state index in [1.165, 1.54) is 0 Å². The summed E-state index contributed by atoms with van der Waals surface area (Å²) in [6.07, 6.45) is 0.996. The van der Waals surface area contributed by atoms with Crippen LogP contribution in [0.3, 0.4) is 0 Å². The minimum Gasteiger partial charge on any atom is -0.315 e. The molecule has 1 aliphatic heterocycles. The molecule has 1 heterocycles. The normalized spacial score (nSPS) is 31.5. The average molecular weight is 117 g/mol. The Hall–Kier alpha value is -0.200. The molecule has 6 N–H and O–H groups in total. The molecule has 8 heavy (non-hydrogen) atoms. The van der Waals surface area contributed by atoms with Gasteiger partial charge >= 0.3 is 0 Å². The summed E-state index contributed by atoms with van der Waals surface area (Å²) in [5.74, 6) is 5.05. The second kappa shape index (κ2) is 2.38. The van der Waals surface area contributed by atoms with Gasteiger partial charge in [-0.3, -0.25) is 5.84 Å². The predicted molar refractivity (Wildman–Crippen MR) is 29.8 cm³/mol. The smallest absolute Gasteiger partial charge is 0.0708 e. The zero-order valence-corrected chi connectivity index (χ0v) is 4.59. The van der Waals surface area contributed by atoms with Crippen molar-refractivity contribution < 1.29 is 0 Å². The first kappa shape index (κ1) is 5.93. The number of hydrogen-bond acceptors (Lipinski definition) is 5. The molecule has 1 aliphatic rings. The maximum Gasteiger partial charge on any atom is 0.0708 e. The largest absolute Gasteiger partial charge is 0.315 e. The van der Waals surface area contributed by atoms with Crippen molar-refractivity contribution in [2.75, 3.05) is 6.54 Å². The molecule has 5 nitrogen and oxygen atoms in total. The summed E-state index contributed by atoms with van der Waals surface area (Å²) in [7, 11) is 0. The minimum absolute atomic E-state index is 0.0612. The standard InChI is InChI=1S/C3H11N5/c4-3-1-2-8(6-3)7-5/h3,6-7H,1-2,4-5H2. The van der Waals surface area contributed by atoms with Crippen LogP contribution < -0.4 is 22.5 Å². The van der Waals surface area contributed by atoms with Crippen LogP contribution in [0.25, 0.3) is 0 Å². The fraction of sp³-hybridized carbons (Fsp3) is 1.00. The second-order valence-corrected chi connectivity index (χ2v) is 1.81. The van der Waals surface area contributed by atoms with E-state index >= 15 is 0 Å². The molecule has 1 saturated heterocycles. The summed E-state index contributed by atoms with van der Waals surface area (Å²) in [6.45, 7) is 0.859. The van der Waals surface area contributed by atoms with E-state index in [1.807, 2.05) is 0 Å². The van der Waals surface area contributed by atoms with Crippen LogP contribution >= 0.6 is 0 Å². The van der Waals surface area contributed by atoms with Gasteiger partial charge in [-0.2, -0.15) is 10.7 Å². The van der Waals surface area contributed by atoms with Crippen molar-refractivity contribution in [3.05, 3.63) is 0 Å². The Morgan fingerprint density at radius 2 is 2.50 bits per heavy atom. The highest BCUT2D eigenvalue weighted by Crippen LogP contribution is 1.94. The number of rotatable bonds is 1. The first-order valence-electron chi connectivity index (χ1n) is 2.58. The minimum atomic E-state index is 0.0612. The first-order valence-corrected chi connectivity index (χ1v) is 2.58. The van der Waals surface area contributed by atoms with Crippen LogP contribution in [-0.4, -0.2) is 17.8 Å². The maximum absolute atomic E-state index is 5.45. The van der Waals surface area contributed by atoms with Crippen LogP contribution in [0.1, 0.15) is 6.42 Å². The molecule has 1 unspecified atom stereocenters. The van der Waals surface area contributed by atoms with Gasteiger partial charge in [0, 0.05) is 6.54 Å². The molecule has 0 amide bonds. The summed E-state index contributed by atoms with van der Waals surface area (Å²) in [4.78, 5) is 0. The Balaban J connectivity index is 2.22. The maximum atomic E-state index is 5.45. The molecule has 48 valence electrons. The quantitative estimate of drug-likeness (QED) is 0.233. The molecular formula is C3H11N5. The Kier molecular flexibility index (Phi) is 1.77.